The van der Waals surface area contributed by atoms with Crippen molar-refractivity contribution in [2.24, 2.45) is 34.5 Å². The van der Waals surface area contributed by atoms with E-state index in [0.29, 0.717) is 6.42 Å². The molecule has 0 radical (unpaired) electrons. The Morgan fingerprint density at radius 2 is 1.90 bits per heavy atom. The van der Waals surface area contributed by atoms with E-state index in [1.807, 2.05) is 13.8 Å². The molecule has 0 heterocycles. The molecule has 4 rings (SSSR count). The number of allylic oxidation sites excluding steroid dienone is 4. The van der Waals surface area contributed by atoms with Gasteiger partial charge in [-0.15, -0.1) is 12.8 Å². The molecule has 6 heteroatoms. The average Bonchev–Trinajstić information content (AvgIpc) is 2.97. The topological polar surface area (TPSA) is 63.6 Å². The molecule has 30 heavy (non-hydrogen) atoms. The Kier molecular flexibility index (Phi) is 5.52. The van der Waals surface area contributed by atoms with Crippen LogP contribution < -0.4 is 0 Å². The Hall–Kier alpha value is -2.00. The summed E-state index contributed by atoms with van der Waals surface area (Å²) in [5.41, 5.74) is -4.00. The van der Waals surface area contributed by atoms with Gasteiger partial charge in [-0.25, -0.2) is 8.78 Å². The van der Waals surface area contributed by atoms with E-state index in [1.165, 1.54) is 25.3 Å². The molecule has 164 valence electrons. The number of hydrogen-bond donors (Lipinski definition) is 1. The van der Waals surface area contributed by atoms with Crippen LogP contribution in [0.1, 0.15) is 40.0 Å². The van der Waals surface area contributed by atoms with Crippen LogP contribution in [0.3, 0.4) is 0 Å². The van der Waals surface area contributed by atoms with Crippen molar-refractivity contribution in [3.05, 3.63) is 23.8 Å². The molecule has 9 atom stereocenters. The Bertz CT molecular complexity index is 832. The van der Waals surface area contributed by atoms with E-state index in [-0.39, 0.29) is 42.0 Å². The molecule has 0 aromatic heterocycles. The van der Waals surface area contributed by atoms with Crippen molar-refractivity contribution in [3.8, 4) is 12.8 Å². The van der Waals surface area contributed by atoms with Gasteiger partial charge >= 0.3 is 5.97 Å². The van der Waals surface area contributed by atoms with Crippen LogP contribution in [0.25, 0.3) is 0 Å². The summed E-state index contributed by atoms with van der Waals surface area (Å²) >= 11 is 0. The molecule has 0 aromatic rings. The summed E-state index contributed by atoms with van der Waals surface area (Å²) < 4.78 is 37.1. The Balaban J connectivity index is 0.00000124. The predicted octanol–water partition coefficient (Wildman–Crippen LogP) is 3.59. The van der Waals surface area contributed by atoms with Gasteiger partial charge in [0.05, 0.1) is 19.1 Å². The first kappa shape index (κ1) is 22.7. The minimum Gasteiger partial charge on any atom is -0.469 e. The molecule has 3 fully saturated rings. The first-order valence-electron chi connectivity index (χ1n) is 10.4. The summed E-state index contributed by atoms with van der Waals surface area (Å²) in [7, 11) is 1.34. The van der Waals surface area contributed by atoms with Gasteiger partial charge < -0.3 is 9.84 Å². The molecule has 0 aromatic carbocycles. The van der Waals surface area contributed by atoms with Gasteiger partial charge in [-0.3, -0.25) is 9.59 Å². The number of terminal acetylenes is 1. The van der Waals surface area contributed by atoms with Crippen molar-refractivity contribution in [2.75, 3.05) is 7.11 Å². The van der Waals surface area contributed by atoms with E-state index in [9.17, 15) is 14.7 Å². The third kappa shape index (κ3) is 2.67. The number of aliphatic hydroxyl groups is 1. The number of rotatable bonds is 1. The number of halogens is 2. The first-order valence-corrected chi connectivity index (χ1v) is 10.4. The van der Waals surface area contributed by atoms with Gasteiger partial charge in [-0.05, 0) is 61.2 Å². The number of esters is 1. The van der Waals surface area contributed by atoms with Gasteiger partial charge in [0.15, 0.2) is 11.5 Å². The highest BCUT2D eigenvalue weighted by Gasteiger charge is 2.73. The van der Waals surface area contributed by atoms with Gasteiger partial charge in [0.2, 0.25) is 0 Å². The summed E-state index contributed by atoms with van der Waals surface area (Å²) in [5, 5.41) is 11.1. The lowest BCUT2D eigenvalue weighted by molar-refractivity contribution is -0.204. The molecule has 0 saturated heterocycles. The van der Waals surface area contributed by atoms with Gasteiger partial charge in [0, 0.05) is 11.3 Å². The van der Waals surface area contributed by atoms with Crippen molar-refractivity contribution in [1.82, 2.24) is 0 Å². The van der Waals surface area contributed by atoms with Gasteiger partial charge in [0.1, 0.15) is 6.17 Å². The second kappa shape index (κ2) is 7.30. The average molecular weight is 420 g/mol. The number of fused-ring (bicyclic) bond motifs is 5. The normalized spacial score (nSPS) is 49.0. The third-order valence-electron chi connectivity index (χ3n) is 8.42. The first-order chi connectivity index (χ1) is 14.0. The number of carbonyl (C=O) groups excluding carboxylic acids is 2. The minimum absolute atomic E-state index is 0.0386. The lowest BCUT2D eigenvalue weighted by Crippen LogP contribution is -2.68. The van der Waals surface area contributed by atoms with Crippen molar-refractivity contribution in [3.63, 3.8) is 0 Å². The highest BCUT2D eigenvalue weighted by Crippen LogP contribution is 2.70. The van der Waals surface area contributed by atoms with Crippen molar-refractivity contribution in [1.29, 1.82) is 0 Å². The maximum Gasteiger partial charge on any atom is 0.309 e. The Morgan fingerprint density at radius 1 is 1.27 bits per heavy atom. The lowest BCUT2D eigenvalue weighted by Gasteiger charge is -2.62. The van der Waals surface area contributed by atoms with E-state index in [4.69, 9.17) is 4.74 Å². The fourth-order valence-electron chi connectivity index (χ4n) is 7.20. The quantitative estimate of drug-likeness (QED) is 0.520. The van der Waals surface area contributed by atoms with Crippen LogP contribution in [0.15, 0.2) is 23.8 Å². The molecule has 1 N–H and O–H groups in total. The van der Waals surface area contributed by atoms with Gasteiger partial charge in [-0.2, -0.15) is 0 Å². The molecule has 3 saturated carbocycles. The summed E-state index contributed by atoms with van der Waals surface area (Å²) in [6.07, 6.45) is 9.69. The highest BCUT2D eigenvalue weighted by molar-refractivity contribution is 6.01. The number of aliphatic hydroxyl groups excluding tert-OH is 1. The molecule has 0 spiro atoms. The maximum absolute atomic E-state index is 16.8. The Labute approximate surface area is 176 Å². The third-order valence-corrected chi connectivity index (χ3v) is 8.42. The van der Waals surface area contributed by atoms with E-state index in [2.05, 4.69) is 12.8 Å². The molecule has 4 nitrogen and oxygen atoms in total. The maximum atomic E-state index is 16.8. The monoisotopic (exact) mass is 420 g/mol. The zero-order chi connectivity index (χ0) is 22.6. The number of methoxy groups -OCH3 is 1. The van der Waals surface area contributed by atoms with Gasteiger partial charge in [-0.1, -0.05) is 19.9 Å². The second-order valence-electron chi connectivity index (χ2n) is 9.66. The Morgan fingerprint density at radius 3 is 2.50 bits per heavy atom. The molecule has 0 aliphatic heterocycles. The fourth-order valence-corrected chi connectivity index (χ4v) is 7.20. The van der Waals surface area contributed by atoms with Crippen LogP contribution in [0.5, 0.6) is 0 Å². The van der Waals surface area contributed by atoms with Crippen molar-refractivity contribution in [2.45, 2.75) is 58.0 Å². The largest absolute Gasteiger partial charge is 0.469 e. The second-order valence-corrected chi connectivity index (χ2v) is 9.66. The van der Waals surface area contributed by atoms with Crippen LogP contribution in [0.4, 0.5) is 8.78 Å². The SMILES string of the molecule is C#C.COC(=O)[C@H]1[C@H](C)CC2C3C[C@H](F)C4=CC(=O)C=C[C@]4(C)C3(F)[C@@H](O)C[C@@]21C. The number of alkyl halides is 2. The molecule has 4 aliphatic carbocycles. The predicted molar refractivity (Wildman–Crippen MR) is 109 cm³/mol. The molecular weight excluding hydrogens is 390 g/mol. The van der Waals surface area contributed by atoms with Crippen LogP contribution in [0.2, 0.25) is 0 Å². The van der Waals surface area contributed by atoms with Crippen LogP contribution in [0, 0.1) is 47.3 Å². The van der Waals surface area contributed by atoms with Crippen LogP contribution >= 0.6 is 0 Å². The lowest BCUT2D eigenvalue weighted by atomic mass is 9.45. The number of ketones is 1. The van der Waals surface area contributed by atoms with E-state index < -0.39 is 40.6 Å². The van der Waals surface area contributed by atoms with Crippen LogP contribution in [-0.4, -0.2) is 41.9 Å². The van der Waals surface area contributed by atoms with Crippen LogP contribution in [-0.2, 0) is 14.3 Å². The molecule has 3 unspecified atom stereocenters. The van der Waals surface area contributed by atoms with E-state index in [0.717, 1.165) is 0 Å². The summed E-state index contributed by atoms with van der Waals surface area (Å²) in [4.78, 5) is 24.3. The molecule has 0 bridgehead atoms. The summed E-state index contributed by atoms with van der Waals surface area (Å²) in [6.45, 7) is 5.44. The molecule has 4 aliphatic rings. The summed E-state index contributed by atoms with van der Waals surface area (Å²) in [6, 6.07) is 0. The molecular formula is C24H30F2O4. The zero-order valence-electron chi connectivity index (χ0n) is 17.9. The van der Waals surface area contributed by atoms with E-state index in [1.54, 1.807) is 6.92 Å². The summed E-state index contributed by atoms with van der Waals surface area (Å²) in [5.74, 6) is -2.18. The number of carbonyl (C=O) groups is 2. The van der Waals surface area contributed by atoms with Crippen molar-refractivity contribution < 1.29 is 28.2 Å². The zero-order valence-corrected chi connectivity index (χ0v) is 17.9. The van der Waals surface area contributed by atoms with Crippen molar-refractivity contribution >= 4 is 11.8 Å². The molecule has 0 amide bonds. The standard InChI is InChI=1S/C22H28F2O4.C2H2/c1-11-7-13-14-9-16(23)15-8-12(25)5-6-21(15,3)22(14,24)17(26)10-20(13,2)18(11)19(27)28-4;1-2/h5-6,8,11,13-14,16-18,26H,7,9-10H2,1-4H3;1-2H/t11-,13?,14?,16+,17+,18-,20+,21+,22?;/m1./s1. The van der Waals surface area contributed by atoms with Gasteiger partial charge in [0.25, 0.3) is 0 Å². The number of ether oxygens (including phenoxy) is 1. The smallest absolute Gasteiger partial charge is 0.309 e. The fraction of sp³-hybridized carbons (Fsp3) is 0.667. The van der Waals surface area contributed by atoms with E-state index >= 15 is 8.78 Å². The number of hydrogen-bond acceptors (Lipinski definition) is 4. The minimum atomic E-state index is -2.09. The highest BCUT2D eigenvalue weighted by atomic mass is 19.1.